The average molecular weight is 347 g/mol. The molecule has 7 nitrogen and oxygen atoms in total. The van der Waals surface area contributed by atoms with Gasteiger partial charge in [0, 0.05) is 51.6 Å². The quantitative estimate of drug-likeness (QED) is 0.777. The average Bonchev–Trinajstić information content (AvgIpc) is 2.98. The Kier molecular flexibility index (Phi) is 5.73. The van der Waals surface area contributed by atoms with Crippen LogP contribution in [-0.2, 0) is 16.1 Å². The molecule has 0 bridgehead atoms. The third-order valence-corrected chi connectivity index (χ3v) is 5.03. The van der Waals surface area contributed by atoms with Gasteiger partial charge in [0.25, 0.3) is 0 Å². The predicted molar refractivity (Wildman–Crippen MR) is 96.5 cm³/mol. The van der Waals surface area contributed by atoms with Gasteiger partial charge in [-0.3, -0.25) is 19.4 Å². The lowest BCUT2D eigenvalue weighted by Crippen LogP contribution is -2.48. The number of fused-ring (bicyclic) bond motifs is 1. The van der Waals surface area contributed by atoms with E-state index in [0.717, 1.165) is 50.7 Å². The van der Waals surface area contributed by atoms with Crippen molar-refractivity contribution in [1.29, 1.82) is 0 Å². The summed E-state index contributed by atoms with van der Waals surface area (Å²) in [5.74, 6) is 1.22. The van der Waals surface area contributed by atoms with E-state index in [1.54, 1.807) is 4.90 Å². The van der Waals surface area contributed by atoms with Gasteiger partial charge >= 0.3 is 0 Å². The standard InChI is InChI=1S/C18H29N5O2/c1-3-7-20-10-12-21(13-11-20)17(24)5-4-8-22-16-14-15(2)19-23(16)9-6-18(22)25/h14H,3-13H2,1-2H3. The lowest BCUT2D eigenvalue weighted by Gasteiger charge is -2.34. The Morgan fingerprint density at radius 1 is 1.16 bits per heavy atom. The molecule has 0 aliphatic carbocycles. The minimum absolute atomic E-state index is 0.132. The molecule has 0 aromatic carbocycles. The molecule has 1 aromatic rings. The zero-order valence-electron chi connectivity index (χ0n) is 15.4. The van der Waals surface area contributed by atoms with Crippen molar-refractivity contribution in [3.05, 3.63) is 11.8 Å². The maximum Gasteiger partial charge on any atom is 0.229 e. The van der Waals surface area contributed by atoms with Crippen molar-refractivity contribution in [2.45, 2.75) is 46.1 Å². The van der Waals surface area contributed by atoms with Crippen LogP contribution in [0, 0.1) is 6.92 Å². The number of hydrogen-bond donors (Lipinski definition) is 0. The van der Waals surface area contributed by atoms with E-state index in [1.807, 2.05) is 22.6 Å². The fraction of sp³-hybridized carbons (Fsp3) is 0.722. The Balaban J connectivity index is 1.47. The van der Waals surface area contributed by atoms with E-state index in [-0.39, 0.29) is 11.8 Å². The van der Waals surface area contributed by atoms with Crippen LogP contribution in [-0.4, -0.2) is 70.7 Å². The largest absolute Gasteiger partial charge is 0.340 e. The summed E-state index contributed by atoms with van der Waals surface area (Å²) in [6.07, 6.45) is 2.85. The number of carbonyl (C=O) groups is 2. The highest BCUT2D eigenvalue weighted by atomic mass is 16.2. The number of hydrogen-bond acceptors (Lipinski definition) is 4. The van der Waals surface area contributed by atoms with Crippen molar-refractivity contribution in [2.75, 3.05) is 44.2 Å². The third kappa shape index (κ3) is 4.21. The Morgan fingerprint density at radius 2 is 1.92 bits per heavy atom. The molecule has 0 radical (unpaired) electrons. The van der Waals surface area contributed by atoms with Gasteiger partial charge in [-0.2, -0.15) is 5.10 Å². The summed E-state index contributed by atoms with van der Waals surface area (Å²) >= 11 is 0. The van der Waals surface area contributed by atoms with E-state index < -0.39 is 0 Å². The number of amides is 2. The highest BCUT2D eigenvalue weighted by Gasteiger charge is 2.26. The summed E-state index contributed by atoms with van der Waals surface area (Å²) in [4.78, 5) is 30.8. The molecule has 25 heavy (non-hydrogen) atoms. The van der Waals surface area contributed by atoms with Crippen LogP contribution in [0.2, 0.25) is 0 Å². The molecule has 7 heteroatoms. The Morgan fingerprint density at radius 3 is 2.64 bits per heavy atom. The fourth-order valence-electron chi connectivity index (χ4n) is 3.70. The lowest BCUT2D eigenvalue weighted by atomic mass is 10.2. The first-order chi connectivity index (χ1) is 12.1. The molecule has 1 aromatic heterocycles. The van der Waals surface area contributed by atoms with E-state index in [1.165, 1.54) is 0 Å². The molecule has 138 valence electrons. The second kappa shape index (κ2) is 7.99. The van der Waals surface area contributed by atoms with Crippen molar-refractivity contribution in [1.82, 2.24) is 19.6 Å². The topological polar surface area (TPSA) is 61.7 Å². The summed E-state index contributed by atoms with van der Waals surface area (Å²) in [7, 11) is 0. The summed E-state index contributed by atoms with van der Waals surface area (Å²) in [5, 5.41) is 4.42. The Bertz CT molecular complexity index is 619. The molecule has 0 atom stereocenters. The van der Waals surface area contributed by atoms with Crippen molar-refractivity contribution >= 4 is 17.6 Å². The van der Waals surface area contributed by atoms with Gasteiger partial charge in [0.05, 0.1) is 12.2 Å². The van der Waals surface area contributed by atoms with Crippen molar-refractivity contribution in [2.24, 2.45) is 0 Å². The van der Waals surface area contributed by atoms with E-state index in [2.05, 4.69) is 16.9 Å². The smallest absolute Gasteiger partial charge is 0.229 e. The molecule has 2 aliphatic rings. The molecule has 0 spiro atoms. The summed E-state index contributed by atoms with van der Waals surface area (Å²) in [5.41, 5.74) is 0.927. The number of aromatic nitrogens is 2. The van der Waals surface area contributed by atoms with E-state index in [0.29, 0.717) is 32.4 Å². The van der Waals surface area contributed by atoms with Crippen molar-refractivity contribution < 1.29 is 9.59 Å². The minimum Gasteiger partial charge on any atom is -0.340 e. The molecule has 0 unspecified atom stereocenters. The van der Waals surface area contributed by atoms with Crippen LogP contribution in [0.5, 0.6) is 0 Å². The van der Waals surface area contributed by atoms with Gasteiger partial charge < -0.3 is 4.90 Å². The normalized spacial score (nSPS) is 18.6. The number of anilines is 1. The number of carbonyl (C=O) groups excluding carboxylic acids is 2. The number of piperazine rings is 1. The molecule has 3 heterocycles. The number of nitrogens with zero attached hydrogens (tertiary/aromatic N) is 5. The molecule has 0 saturated carbocycles. The summed E-state index contributed by atoms with van der Waals surface area (Å²) < 4.78 is 1.89. The van der Waals surface area contributed by atoms with Crippen molar-refractivity contribution in [3.8, 4) is 0 Å². The highest BCUT2D eigenvalue weighted by molar-refractivity contribution is 5.93. The number of aryl methyl sites for hydroxylation is 2. The third-order valence-electron chi connectivity index (χ3n) is 5.03. The first-order valence-electron chi connectivity index (χ1n) is 9.43. The molecular weight excluding hydrogens is 318 g/mol. The van der Waals surface area contributed by atoms with Crippen LogP contribution in [0.4, 0.5) is 5.82 Å². The monoisotopic (exact) mass is 347 g/mol. The number of rotatable bonds is 6. The first-order valence-corrected chi connectivity index (χ1v) is 9.43. The van der Waals surface area contributed by atoms with Gasteiger partial charge in [-0.1, -0.05) is 6.92 Å². The van der Waals surface area contributed by atoms with E-state index >= 15 is 0 Å². The van der Waals surface area contributed by atoms with Crippen LogP contribution in [0.15, 0.2) is 6.07 Å². The predicted octanol–water partition coefficient (Wildman–Crippen LogP) is 1.26. The van der Waals surface area contributed by atoms with Gasteiger partial charge in [-0.25, -0.2) is 4.68 Å². The van der Waals surface area contributed by atoms with Crippen LogP contribution in [0.25, 0.3) is 0 Å². The van der Waals surface area contributed by atoms with Crippen LogP contribution < -0.4 is 4.90 Å². The summed E-state index contributed by atoms with van der Waals surface area (Å²) in [6.45, 7) is 10.1. The van der Waals surface area contributed by atoms with Crippen molar-refractivity contribution in [3.63, 3.8) is 0 Å². The molecule has 2 amide bonds. The molecule has 1 fully saturated rings. The zero-order valence-corrected chi connectivity index (χ0v) is 15.4. The summed E-state index contributed by atoms with van der Waals surface area (Å²) in [6, 6.07) is 1.95. The van der Waals surface area contributed by atoms with Gasteiger partial charge in [-0.15, -0.1) is 0 Å². The highest BCUT2D eigenvalue weighted by Crippen LogP contribution is 2.23. The second-order valence-corrected chi connectivity index (χ2v) is 6.99. The molecule has 0 N–H and O–H groups in total. The van der Waals surface area contributed by atoms with E-state index in [4.69, 9.17) is 0 Å². The molecular formula is C18H29N5O2. The Hall–Kier alpha value is -1.89. The molecule has 2 aliphatic heterocycles. The minimum atomic E-state index is 0.132. The van der Waals surface area contributed by atoms with Crippen LogP contribution >= 0.6 is 0 Å². The van der Waals surface area contributed by atoms with Gasteiger partial charge in [-0.05, 0) is 26.3 Å². The fourth-order valence-corrected chi connectivity index (χ4v) is 3.70. The lowest BCUT2D eigenvalue weighted by molar-refractivity contribution is -0.133. The van der Waals surface area contributed by atoms with Crippen LogP contribution in [0.1, 0.15) is 38.3 Å². The molecule has 3 rings (SSSR count). The first kappa shape index (κ1) is 17.9. The van der Waals surface area contributed by atoms with Gasteiger partial charge in [0.2, 0.25) is 11.8 Å². The maximum atomic E-state index is 12.4. The Labute approximate surface area is 149 Å². The van der Waals surface area contributed by atoms with Gasteiger partial charge in [0.15, 0.2) is 0 Å². The zero-order chi connectivity index (χ0) is 17.8. The second-order valence-electron chi connectivity index (χ2n) is 6.99. The van der Waals surface area contributed by atoms with E-state index in [9.17, 15) is 9.59 Å². The van der Waals surface area contributed by atoms with Gasteiger partial charge in [0.1, 0.15) is 5.82 Å². The molecule has 1 saturated heterocycles. The maximum absolute atomic E-state index is 12.4. The van der Waals surface area contributed by atoms with Crippen LogP contribution in [0.3, 0.4) is 0 Å². The SMILES string of the molecule is CCCN1CCN(C(=O)CCCN2C(=O)CCn3nc(C)cc32)CC1.